The molecule has 1 atom stereocenters. The largest absolute Gasteiger partial charge is 0.287 e. The molecule has 1 amide bonds. The van der Waals surface area contributed by atoms with Crippen LogP contribution in [-0.4, -0.2) is 31.1 Å². The van der Waals surface area contributed by atoms with Gasteiger partial charge in [0.1, 0.15) is 5.25 Å². The van der Waals surface area contributed by atoms with Crippen molar-refractivity contribution in [2.24, 2.45) is 5.14 Å². The molecule has 0 spiro atoms. The van der Waals surface area contributed by atoms with Crippen molar-refractivity contribution in [1.82, 2.24) is 4.98 Å². The molecular weight excluding hydrogens is 286 g/mol. The van der Waals surface area contributed by atoms with Crippen LogP contribution in [0, 0.1) is 0 Å². The first-order valence-electron chi connectivity index (χ1n) is 6.25. The van der Waals surface area contributed by atoms with E-state index in [1.54, 1.807) is 0 Å². The van der Waals surface area contributed by atoms with E-state index in [0.29, 0.717) is 5.13 Å². The molecule has 0 aromatic carbocycles. The van der Waals surface area contributed by atoms with Crippen LogP contribution in [0.5, 0.6) is 0 Å². The Morgan fingerprint density at radius 2 is 2.05 bits per heavy atom. The topological polar surface area (TPSA) is 93.4 Å². The lowest BCUT2D eigenvalue weighted by atomic mass is 10.0. The van der Waals surface area contributed by atoms with Gasteiger partial charge in [0.2, 0.25) is 15.9 Å². The van der Waals surface area contributed by atoms with E-state index < -0.39 is 15.3 Å². The maximum Gasteiger partial charge on any atom is 0.230 e. The molecule has 6 nitrogen and oxygen atoms in total. The third-order valence-corrected chi connectivity index (χ3v) is 6.04. The van der Waals surface area contributed by atoms with E-state index in [0.717, 1.165) is 31.4 Å². The van der Waals surface area contributed by atoms with Gasteiger partial charge >= 0.3 is 0 Å². The van der Waals surface area contributed by atoms with Crippen molar-refractivity contribution < 1.29 is 13.2 Å². The highest BCUT2D eigenvalue weighted by Gasteiger charge is 2.38. The first-order chi connectivity index (χ1) is 8.95. The van der Waals surface area contributed by atoms with Crippen LogP contribution in [0.1, 0.15) is 29.8 Å². The fourth-order valence-electron chi connectivity index (χ4n) is 2.53. The van der Waals surface area contributed by atoms with E-state index in [2.05, 4.69) is 4.98 Å². The minimum atomic E-state index is -3.66. The summed E-state index contributed by atoms with van der Waals surface area (Å²) in [5, 5.41) is 4.94. The molecule has 1 unspecified atom stereocenters. The van der Waals surface area contributed by atoms with E-state index >= 15 is 0 Å². The Bertz CT molecular complexity index is 600. The van der Waals surface area contributed by atoms with Crippen molar-refractivity contribution in [2.75, 3.05) is 11.4 Å². The summed E-state index contributed by atoms with van der Waals surface area (Å²) in [5.74, 6) is -0.204. The number of carbonyl (C=O) groups is 1. The van der Waals surface area contributed by atoms with Gasteiger partial charge in [-0.3, -0.25) is 9.69 Å². The number of fused-ring (bicyclic) bond motifs is 1. The summed E-state index contributed by atoms with van der Waals surface area (Å²) in [7, 11) is -3.66. The molecule has 1 aromatic rings. The van der Waals surface area contributed by atoms with Crippen LogP contribution in [0.3, 0.4) is 0 Å². The number of carbonyl (C=O) groups excluding carboxylic acids is 1. The zero-order valence-corrected chi connectivity index (χ0v) is 12.0. The summed E-state index contributed by atoms with van der Waals surface area (Å²) >= 11 is 1.51. The van der Waals surface area contributed by atoms with Gasteiger partial charge in [-0.25, -0.2) is 18.5 Å². The van der Waals surface area contributed by atoms with Gasteiger partial charge in [0, 0.05) is 17.8 Å². The highest BCUT2D eigenvalue weighted by Crippen LogP contribution is 2.34. The molecule has 0 bridgehead atoms. The molecule has 1 aliphatic heterocycles. The Balaban J connectivity index is 1.87. The Labute approximate surface area is 115 Å². The third kappa shape index (κ3) is 2.39. The molecule has 104 valence electrons. The SMILES string of the molecule is NS(=O)(=O)C1CC(=O)N(c2nc3c(s2)CCCC3)C1. The van der Waals surface area contributed by atoms with E-state index in [9.17, 15) is 13.2 Å². The molecule has 1 fully saturated rings. The molecule has 1 aromatic heterocycles. The van der Waals surface area contributed by atoms with E-state index in [1.165, 1.54) is 21.1 Å². The van der Waals surface area contributed by atoms with Gasteiger partial charge in [0.25, 0.3) is 0 Å². The Kier molecular flexibility index (Phi) is 3.11. The minimum absolute atomic E-state index is 0.0386. The monoisotopic (exact) mass is 301 g/mol. The third-order valence-electron chi connectivity index (χ3n) is 3.62. The van der Waals surface area contributed by atoms with Gasteiger partial charge in [0.05, 0.1) is 5.69 Å². The van der Waals surface area contributed by atoms with Crippen molar-refractivity contribution in [2.45, 2.75) is 37.4 Å². The lowest BCUT2D eigenvalue weighted by molar-refractivity contribution is -0.117. The average Bonchev–Trinajstić information content (AvgIpc) is 2.90. The average molecular weight is 301 g/mol. The molecule has 3 rings (SSSR count). The Hall–Kier alpha value is -0.990. The number of aryl methyl sites for hydroxylation is 2. The van der Waals surface area contributed by atoms with Crippen LogP contribution in [0.15, 0.2) is 0 Å². The number of nitrogens with zero attached hydrogens (tertiary/aromatic N) is 2. The predicted octanol–water partition coefficient (Wildman–Crippen LogP) is 0.416. The minimum Gasteiger partial charge on any atom is -0.287 e. The van der Waals surface area contributed by atoms with Gasteiger partial charge < -0.3 is 0 Å². The molecule has 2 heterocycles. The molecule has 0 saturated carbocycles. The summed E-state index contributed by atoms with van der Waals surface area (Å²) < 4.78 is 22.7. The van der Waals surface area contributed by atoms with Gasteiger partial charge in [-0.15, -0.1) is 11.3 Å². The van der Waals surface area contributed by atoms with Gasteiger partial charge in [0.15, 0.2) is 5.13 Å². The van der Waals surface area contributed by atoms with Crippen molar-refractivity contribution in [3.63, 3.8) is 0 Å². The molecule has 0 radical (unpaired) electrons. The van der Waals surface area contributed by atoms with E-state index in [4.69, 9.17) is 5.14 Å². The second kappa shape index (κ2) is 4.53. The number of hydrogen-bond acceptors (Lipinski definition) is 5. The molecule has 8 heteroatoms. The summed E-state index contributed by atoms with van der Waals surface area (Å²) in [6, 6.07) is 0. The van der Waals surface area contributed by atoms with Crippen molar-refractivity contribution in [3.8, 4) is 0 Å². The smallest absolute Gasteiger partial charge is 0.230 e. The normalized spacial score (nSPS) is 23.7. The number of nitrogens with two attached hydrogens (primary N) is 1. The number of aromatic nitrogens is 1. The summed E-state index contributed by atoms with van der Waals surface area (Å²) in [4.78, 5) is 19.1. The second-order valence-electron chi connectivity index (χ2n) is 4.99. The predicted molar refractivity (Wildman–Crippen MR) is 72.6 cm³/mol. The zero-order valence-electron chi connectivity index (χ0n) is 10.3. The summed E-state index contributed by atoms with van der Waals surface area (Å²) in [5.41, 5.74) is 1.07. The van der Waals surface area contributed by atoms with Crippen molar-refractivity contribution in [3.05, 3.63) is 10.6 Å². The molecule has 1 aliphatic carbocycles. The van der Waals surface area contributed by atoms with Crippen molar-refractivity contribution in [1.29, 1.82) is 0 Å². The second-order valence-corrected chi connectivity index (χ2v) is 7.90. The number of primary sulfonamides is 1. The Morgan fingerprint density at radius 1 is 1.32 bits per heavy atom. The van der Waals surface area contributed by atoms with Crippen LogP contribution in [0.2, 0.25) is 0 Å². The van der Waals surface area contributed by atoms with Crippen LogP contribution >= 0.6 is 11.3 Å². The summed E-state index contributed by atoms with van der Waals surface area (Å²) in [6.45, 7) is 0.129. The number of rotatable bonds is 2. The highest BCUT2D eigenvalue weighted by atomic mass is 32.2. The van der Waals surface area contributed by atoms with Crippen molar-refractivity contribution >= 4 is 32.4 Å². The number of anilines is 1. The molecular formula is C11H15N3O3S2. The van der Waals surface area contributed by atoms with E-state index in [-0.39, 0.29) is 18.9 Å². The maximum absolute atomic E-state index is 11.9. The zero-order chi connectivity index (χ0) is 13.6. The van der Waals surface area contributed by atoms with Gasteiger partial charge in [-0.1, -0.05) is 0 Å². The van der Waals surface area contributed by atoms with Gasteiger partial charge in [-0.05, 0) is 25.7 Å². The molecule has 19 heavy (non-hydrogen) atoms. The first-order valence-corrected chi connectivity index (χ1v) is 8.68. The van der Waals surface area contributed by atoms with E-state index in [1.807, 2.05) is 0 Å². The number of sulfonamides is 1. The van der Waals surface area contributed by atoms with Crippen LogP contribution < -0.4 is 10.0 Å². The van der Waals surface area contributed by atoms with Gasteiger partial charge in [-0.2, -0.15) is 0 Å². The van der Waals surface area contributed by atoms with Crippen LogP contribution in [0.4, 0.5) is 5.13 Å². The molecule has 1 saturated heterocycles. The fourth-order valence-corrected chi connectivity index (χ4v) is 4.44. The fraction of sp³-hybridized carbons (Fsp3) is 0.636. The lowest BCUT2D eigenvalue weighted by Gasteiger charge is -2.11. The molecule has 2 aliphatic rings. The lowest BCUT2D eigenvalue weighted by Crippen LogP contribution is -2.32. The number of hydrogen-bond donors (Lipinski definition) is 1. The molecule has 2 N–H and O–H groups in total. The maximum atomic E-state index is 11.9. The highest BCUT2D eigenvalue weighted by molar-refractivity contribution is 7.89. The number of amides is 1. The Morgan fingerprint density at radius 3 is 2.68 bits per heavy atom. The summed E-state index contributed by atoms with van der Waals surface area (Å²) in [6.07, 6.45) is 4.20. The van der Waals surface area contributed by atoms with Crippen LogP contribution in [0.25, 0.3) is 0 Å². The van der Waals surface area contributed by atoms with Crippen LogP contribution in [-0.2, 0) is 27.7 Å². The quantitative estimate of drug-likeness (QED) is 0.856. The number of thiazole rings is 1. The first kappa shape index (κ1) is 13.0. The standard InChI is InChI=1S/C11H15N3O3S2/c12-19(16,17)7-5-10(15)14(6-7)11-13-8-3-1-2-4-9(8)18-11/h7H,1-6H2,(H2,12,16,17).